The molecule has 1 aliphatic rings. The summed E-state index contributed by atoms with van der Waals surface area (Å²) in [4.78, 5) is 29.9. The number of carbonyl (C=O) groups is 2. The van der Waals surface area contributed by atoms with E-state index in [1.165, 1.54) is 0 Å². The second-order valence-corrected chi connectivity index (χ2v) is 9.24. The number of amides is 2. The first-order chi connectivity index (χ1) is 15.8. The first kappa shape index (κ1) is 22.6. The number of ether oxygens (including phenoxy) is 1. The lowest BCUT2D eigenvalue weighted by molar-refractivity contribution is -0.140. The number of aromatic nitrogens is 2. The van der Waals surface area contributed by atoms with Crippen LogP contribution in [0.3, 0.4) is 0 Å². The SMILES string of the molecule is COc1cccc(-c2nn(-c3ccccc3)cc2C(=O)N2CCN(C(=O)C(C)(C)C)CC2)c1. The highest BCUT2D eigenvalue weighted by atomic mass is 16.5. The summed E-state index contributed by atoms with van der Waals surface area (Å²) in [6.07, 6.45) is 1.79. The zero-order valence-electron chi connectivity index (χ0n) is 19.6. The van der Waals surface area contributed by atoms with Crippen molar-refractivity contribution in [3.05, 3.63) is 66.4 Å². The molecule has 0 unspecified atom stereocenters. The van der Waals surface area contributed by atoms with E-state index in [1.54, 1.807) is 18.0 Å². The van der Waals surface area contributed by atoms with Crippen LogP contribution in [-0.2, 0) is 4.79 Å². The maximum atomic E-state index is 13.6. The summed E-state index contributed by atoms with van der Waals surface area (Å²) in [5, 5.41) is 4.77. The number of benzene rings is 2. The smallest absolute Gasteiger partial charge is 0.257 e. The van der Waals surface area contributed by atoms with Gasteiger partial charge in [-0.1, -0.05) is 51.1 Å². The van der Waals surface area contributed by atoms with E-state index in [-0.39, 0.29) is 11.8 Å². The third-order valence-corrected chi connectivity index (χ3v) is 5.80. The third-order valence-electron chi connectivity index (χ3n) is 5.80. The molecule has 0 radical (unpaired) electrons. The van der Waals surface area contributed by atoms with Crippen LogP contribution in [0, 0.1) is 5.41 Å². The van der Waals surface area contributed by atoms with Gasteiger partial charge in [-0.05, 0) is 24.3 Å². The van der Waals surface area contributed by atoms with Gasteiger partial charge in [-0.25, -0.2) is 4.68 Å². The van der Waals surface area contributed by atoms with Gasteiger partial charge in [0.2, 0.25) is 5.91 Å². The van der Waals surface area contributed by atoms with Crippen LogP contribution < -0.4 is 4.74 Å². The lowest BCUT2D eigenvalue weighted by atomic mass is 9.94. The van der Waals surface area contributed by atoms with Crippen molar-refractivity contribution < 1.29 is 14.3 Å². The largest absolute Gasteiger partial charge is 0.497 e. The molecule has 7 heteroatoms. The molecule has 2 aromatic carbocycles. The summed E-state index contributed by atoms with van der Waals surface area (Å²) in [6.45, 7) is 7.82. The number of hydrogen-bond donors (Lipinski definition) is 0. The second kappa shape index (κ2) is 9.10. The molecule has 4 rings (SSSR count). The fourth-order valence-corrected chi connectivity index (χ4v) is 3.98. The zero-order valence-corrected chi connectivity index (χ0v) is 19.6. The van der Waals surface area contributed by atoms with Gasteiger partial charge in [0.25, 0.3) is 5.91 Å². The molecule has 1 aromatic heterocycles. The molecule has 1 aliphatic heterocycles. The van der Waals surface area contributed by atoms with Gasteiger partial charge in [0.15, 0.2) is 0 Å². The van der Waals surface area contributed by atoms with Crippen molar-refractivity contribution >= 4 is 11.8 Å². The summed E-state index contributed by atoms with van der Waals surface area (Å²) in [6, 6.07) is 17.3. The zero-order chi connectivity index (χ0) is 23.6. The predicted octanol–water partition coefficient (Wildman–Crippen LogP) is 3.88. The van der Waals surface area contributed by atoms with Crippen LogP contribution >= 0.6 is 0 Å². The third kappa shape index (κ3) is 4.77. The van der Waals surface area contributed by atoms with E-state index < -0.39 is 5.41 Å². The Kier molecular flexibility index (Phi) is 6.22. The fraction of sp³-hybridized carbons (Fsp3) is 0.346. The Morgan fingerprint density at radius 2 is 1.58 bits per heavy atom. The van der Waals surface area contributed by atoms with E-state index >= 15 is 0 Å². The Hall–Kier alpha value is -3.61. The average molecular weight is 447 g/mol. The van der Waals surface area contributed by atoms with E-state index in [9.17, 15) is 9.59 Å². The van der Waals surface area contributed by atoms with Crippen molar-refractivity contribution in [1.29, 1.82) is 0 Å². The Balaban J connectivity index is 1.64. The van der Waals surface area contributed by atoms with Crippen molar-refractivity contribution in [2.45, 2.75) is 20.8 Å². The van der Waals surface area contributed by atoms with Gasteiger partial charge in [0.1, 0.15) is 11.4 Å². The van der Waals surface area contributed by atoms with Gasteiger partial charge < -0.3 is 14.5 Å². The average Bonchev–Trinajstić information content (AvgIpc) is 3.29. The molecular formula is C26H30N4O3. The standard InChI is InChI=1S/C26H30N4O3/c1-26(2,3)25(32)29-15-13-28(14-16-29)24(31)22-18-30(20-10-6-5-7-11-20)27-23(22)19-9-8-12-21(17-19)33-4/h5-12,17-18H,13-16H2,1-4H3. The Bertz CT molecular complexity index is 1140. The molecule has 33 heavy (non-hydrogen) atoms. The van der Waals surface area contributed by atoms with Crippen LogP contribution in [0.15, 0.2) is 60.8 Å². The molecule has 0 spiro atoms. The van der Waals surface area contributed by atoms with Gasteiger partial charge in [0.05, 0.1) is 18.4 Å². The van der Waals surface area contributed by atoms with E-state index in [4.69, 9.17) is 9.84 Å². The number of para-hydroxylation sites is 1. The lowest BCUT2D eigenvalue weighted by Crippen LogP contribution is -2.53. The molecule has 2 amide bonds. The topological polar surface area (TPSA) is 67.7 Å². The van der Waals surface area contributed by atoms with Crippen LogP contribution in [0.5, 0.6) is 5.75 Å². The number of hydrogen-bond acceptors (Lipinski definition) is 4. The molecule has 0 aliphatic carbocycles. The minimum atomic E-state index is -0.428. The highest BCUT2D eigenvalue weighted by Gasteiger charge is 2.32. The molecule has 0 bridgehead atoms. The molecule has 1 saturated heterocycles. The predicted molar refractivity (Wildman–Crippen MR) is 127 cm³/mol. The summed E-state index contributed by atoms with van der Waals surface area (Å²) >= 11 is 0. The summed E-state index contributed by atoms with van der Waals surface area (Å²) in [7, 11) is 1.62. The molecular weight excluding hydrogens is 416 g/mol. The van der Waals surface area contributed by atoms with E-state index in [1.807, 2.05) is 85.2 Å². The van der Waals surface area contributed by atoms with Gasteiger partial charge in [0, 0.05) is 43.4 Å². The van der Waals surface area contributed by atoms with Crippen molar-refractivity contribution in [3.8, 4) is 22.7 Å². The molecule has 0 saturated carbocycles. The summed E-state index contributed by atoms with van der Waals surface area (Å²) in [5.74, 6) is 0.732. The molecule has 172 valence electrons. The molecule has 0 N–H and O–H groups in total. The minimum absolute atomic E-state index is 0.0853. The van der Waals surface area contributed by atoms with Crippen molar-refractivity contribution in [1.82, 2.24) is 19.6 Å². The Labute approximate surface area is 194 Å². The molecule has 2 heterocycles. The van der Waals surface area contributed by atoms with Gasteiger partial charge in [-0.15, -0.1) is 0 Å². The number of piperazine rings is 1. The van der Waals surface area contributed by atoms with Gasteiger partial charge >= 0.3 is 0 Å². The quantitative estimate of drug-likeness (QED) is 0.610. The fourth-order valence-electron chi connectivity index (χ4n) is 3.98. The molecule has 7 nitrogen and oxygen atoms in total. The van der Waals surface area contributed by atoms with Gasteiger partial charge in [-0.3, -0.25) is 9.59 Å². The number of rotatable bonds is 4. The van der Waals surface area contributed by atoms with Crippen LogP contribution in [0.1, 0.15) is 31.1 Å². The molecule has 3 aromatic rings. The first-order valence-corrected chi connectivity index (χ1v) is 11.2. The molecule has 0 atom stereocenters. The molecule has 1 fully saturated rings. The Morgan fingerprint density at radius 3 is 2.21 bits per heavy atom. The van der Waals surface area contributed by atoms with E-state index in [0.29, 0.717) is 43.2 Å². The van der Waals surface area contributed by atoms with Crippen LogP contribution in [0.4, 0.5) is 0 Å². The van der Waals surface area contributed by atoms with Crippen molar-refractivity contribution in [2.75, 3.05) is 33.3 Å². The normalized spacial score (nSPS) is 14.3. The minimum Gasteiger partial charge on any atom is -0.497 e. The number of nitrogens with zero attached hydrogens (tertiary/aromatic N) is 4. The summed E-state index contributed by atoms with van der Waals surface area (Å²) in [5.41, 5.74) is 2.40. The van der Waals surface area contributed by atoms with Gasteiger partial charge in [-0.2, -0.15) is 5.10 Å². The summed E-state index contributed by atoms with van der Waals surface area (Å²) < 4.78 is 7.12. The maximum absolute atomic E-state index is 13.6. The van der Waals surface area contributed by atoms with Crippen molar-refractivity contribution in [3.63, 3.8) is 0 Å². The maximum Gasteiger partial charge on any atom is 0.257 e. The van der Waals surface area contributed by atoms with Crippen molar-refractivity contribution in [2.24, 2.45) is 5.41 Å². The van der Waals surface area contributed by atoms with Crippen LogP contribution in [-0.4, -0.2) is 64.7 Å². The Morgan fingerprint density at radius 1 is 0.909 bits per heavy atom. The van der Waals surface area contributed by atoms with Crippen LogP contribution in [0.2, 0.25) is 0 Å². The van der Waals surface area contributed by atoms with Crippen LogP contribution in [0.25, 0.3) is 16.9 Å². The number of methoxy groups -OCH3 is 1. The monoisotopic (exact) mass is 446 g/mol. The highest BCUT2D eigenvalue weighted by Crippen LogP contribution is 2.28. The van der Waals surface area contributed by atoms with E-state index in [2.05, 4.69) is 0 Å². The first-order valence-electron chi connectivity index (χ1n) is 11.2. The lowest BCUT2D eigenvalue weighted by Gasteiger charge is -2.37. The highest BCUT2D eigenvalue weighted by molar-refractivity contribution is 6.00. The van der Waals surface area contributed by atoms with E-state index in [0.717, 1.165) is 11.3 Å². The second-order valence-electron chi connectivity index (χ2n) is 9.24. The number of carbonyl (C=O) groups excluding carboxylic acids is 2.